The number of hydrogen-bond donors (Lipinski definition) is 0. The van der Waals surface area contributed by atoms with Crippen molar-refractivity contribution in [1.29, 1.82) is 0 Å². The Hall–Kier alpha value is -3.60. The maximum Gasteiger partial charge on any atom is 0.461 e. The average Bonchev–Trinajstić information content (AvgIpc) is 2.98. The van der Waals surface area contributed by atoms with Crippen LogP contribution in [0.3, 0.4) is 0 Å². The Morgan fingerprint density at radius 1 is 0.976 bits per heavy atom. The van der Waals surface area contributed by atoms with Crippen molar-refractivity contribution in [2.24, 2.45) is 0 Å². The first-order valence-corrected chi connectivity index (χ1v) is 12.6. The van der Waals surface area contributed by atoms with Gasteiger partial charge in [0.25, 0.3) is 5.92 Å². The molecule has 0 N–H and O–H groups in total. The summed E-state index contributed by atoms with van der Waals surface area (Å²) in [6.07, 6.45) is -10.7. The van der Waals surface area contributed by atoms with Crippen LogP contribution in [0.4, 0.5) is 39.5 Å². The van der Waals surface area contributed by atoms with Crippen LogP contribution in [-0.2, 0) is 14.3 Å². The zero-order chi connectivity index (χ0) is 31.9. The van der Waals surface area contributed by atoms with E-state index < -0.39 is 49.4 Å². The highest BCUT2D eigenvalue weighted by molar-refractivity contribution is 6.20. The minimum absolute atomic E-state index is 0.0468. The molecule has 0 amide bonds. The molecule has 1 aliphatic carbocycles. The molecule has 4 nitrogen and oxygen atoms in total. The van der Waals surface area contributed by atoms with Crippen molar-refractivity contribution in [3.05, 3.63) is 75.9 Å². The molecule has 0 aliphatic heterocycles. The molecule has 0 bridgehead atoms. The molecule has 0 spiro atoms. The number of carbonyl (C=O) groups is 1. The van der Waals surface area contributed by atoms with Gasteiger partial charge in [-0.15, -0.1) is 5.73 Å². The van der Waals surface area contributed by atoms with Crippen molar-refractivity contribution in [2.45, 2.75) is 71.6 Å². The van der Waals surface area contributed by atoms with E-state index in [4.69, 9.17) is 9.47 Å². The first-order chi connectivity index (χ1) is 19.3. The Labute approximate surface area is 236 Å². The summed E-state index contributed by atoms with van der Waals surface area (Å²) in [6.45, 7) is 2.51. The molecule has 0 heterocycles. The van der Waals surface area contributed by atoms with Crippen LogP contribution in [0.2, 0.25) is 0 Å². The number of rotatable bonds is 14. The number of Topliss-reactive ketones (excluding diaryl/α,β-unsaturated/α-hetero) is 1. The van der Waals surface area contributed by atoms with Crippen LogP contribution < -0.4 is 4.74 Å². The van der Waals surface area contributed by atoms with E-state index >= 15 is 0 Å². The number of benzene rings is 1. The van der Waals surface area contributed by atoms with E-state index in [9.17, 15) is 44.3 Å². The molecule has 1 aliphatic rings. The van der Waals surface area contributed by atoms with E-state index in [0.29, 0.717) is 13.3 Å². The fraction of sp³-hybridized carbons (Fsp3) is 0.448. The van der Waals surface area contributed by atoms with E-state index in [1.165, 1.54) is 26.0 Å². The number of ether oxygens (including phenoxy) is 3. The maximum absolute atomic E-state index is 13.4. The normalized spacial score (nSPS) is 15.2. The van der Waals surface area contributed by atoms with Gasteiger partial charge in [0.1, 0.15) is 17.3 Å². The quantitative estimate of drug-likeness (QED) is 0.120. The minimum Gasteiger partial charge on any atom is -0.486 e. The van der Waals surface area contributed by atoms with Gasteiger partial charge >= 0.3 is 18.7 Å². The maximum atomic E-state index is 13.4. The molecule has 1 aromatic rings. The van der Waals surface area contributed by atoms with Gasteiger partial charge in [-0.2, -0.15) is 30.7 Å². The molecule has 0 fully saturated rings. The monoisotopic (exact) mass is 612 g/mol. The summed E-state index contributed by atoms with van der Waals surface area (Å²) in [6, 6.07) is 4.51. The first-order valence-electron chi connectivity index (χ1n) is 12.6. The van der Waals surface area contributed by atoms with Gasteiger partial charge in [0.2, 0.25) is 0 Å². The Morgan fingerprint density at radius 2 is 1.60 bits per heavy atom. The van der Waals surface area contributed by atoms with Crippen molar-refractivity contribution in [1.82, 2.24) is 0 Å². The van der Waals surface area contributed by atoms with Gasteiger partial charge in [0.05, 0.1) is 0 Å². The number of hydrogen-bond acceptors (Lipinski definition) is 4. The molecule has 0 atom stereocenters. The Balaban J connectivity index is 2.33. The number of alkyl halides is 9. The molecule has 232 valence electrons. The van der Waals surface area contributed by atoms with Gasteiger partial charge in [0, 0.05) is 41.7 Å². The zero-order valence-electron chi connectivity index (χ0n) is 23.1. The first kappa shape index (κ1) is 34.6. The fourth-order valence-electron chi connectivity index (χ4n) is 3.65. The van der Waals surface area contributed by atoms with Crippen molar-refractivity contribution in [3.8, 4) is 5.75 Å². The molecule has 0 aromatic heterocycles. The van der Waals surface area contributed by atoms with Crippen LogP contribution in [0.5, 0.6) is 5.75 Å². The van der Waals surface area contributed by atoms with Crippen LogP contribution in [0.1, 0.15) is 52.5 Å². The predicted octanol–water partition coefficient (Wildman–Crippen LogP) is 8.96. The summed E-state index contributed by atoms with van der Waals surface area (Å²) in [5.74, 6) is -4.68. The van der Waals surface area contributed by atoms with Gasteiger partial charge in [-0.25, -0.2) is 8.78 Å². The second-order valence-electron chi connectivity index (χ2n) is 9.43. The van der Waals surface area contributed by atoms with Crippen LogP contribution in [0.25, 0.3) is 5.57 Å². The van der Waals surface area contributed by atoms with E-state index in [2.05, 4.69) is 10.5 Å². The number of ketones is 1. The van der Waals surface area contributed by atoms with Crippen molar-refractivity contribution >= 4 is 11.4 Å². The molecule has 0 saturated heterocycles. The minimum atomic E-state index is -4.71. The van der Waals surface area contributed by atoms with E-state index in [1.54, 1.807) is 13.0 Å². The highest BCUT2D eigenvalue weighted by Crippen LogP contribution is 2.32. The van der Waals surface area contributed by atoms with Crippen LogP contribution >= 0.6 is 0 Å². The summed E-state index contributed by atoms with van der Waals surface area (Å²) < 4.78 is 131. The lowest BCUT2D eigenvalue weighted by Crippen LogP contribution is -2.33. The molecular formula is C29H29F9O4. The Morgan fingerprint density at radius 3 is 2.12 bits per heavy atom. The second kappa shape index (κ2) is 14.0. The number of allylic oxidation sites excluding steroid dienone is 5. The molecule has 0 saturated carbocycles. The topological polar surface area (TPSA) is 44.8 Å². The van der Waals surface area contributed by atoms with Crippen LogP contribution in [-0.4, -0.2) is 43.6 Å². The van der Waals surface area contributed by atoms with Gasteiger partial charge in [-0.3, -0.25) is 4.79 Å². The smallest absolute Gasteiger partial charge is 0.461 e. The fourth-order valence-corrected chi connectivity index (χ4v) is 3.65. The summed E-state index contributed by atoms with van der Waals surface area (Å²) in [7, 11) is 0. The largest absolute Gasteiger partial charge is 0.486 e. The SMILES string of the molecule is CC/C=C(\C(=O)CCC1=C=C(C)C(OCC(C)(F)F)=CC(OCC(F)(F)F)=C1C)c1ccc(OC(F)(F)C(F)F)cc1. The highest BCUT2D eigenvalue weighted by Gasteiger charge is 2.44. The van der Waals surface area contributed by atoms with E-state index in [0.717, 1.165) is 18.2 Å². The third-order valence-corrected chi connectivity index (χ3v) is 5.65. The molecular weight excluding hydrogens is 583 g/mol. The average molecular weight is 613 g/mol. The number of carbonyl (C=O) groups excluding carboxylic acids is 1. The predicted molar refractivity (Wildman–Crippen MR) is 136 cm³/mol. The lowest BCUT2D eigenvalue weighted by Gasteiger charge is -2.17. The van der Waals surface area contributed by atoms with E-state index in [1.807, 2.05) is 0 Å². The lowest BCUT2D eigenvalue weighted by atomic mass is 9.94. The molecule has 0 unspecified atom stereocenters. The molecule has 0 radical (unpaired) electrons. The van der Waals surface area contributed by atoms with Gasteiger partial charge in [0.15, 0.2) is 19.0 Å². The van der Waals surface area contributed by atoms with Crippen LogP contribution in [0, 0.1) is 0 Å². The standard InChI is InChI=1S/C29H29F9O4/c1-5-6-22(19-7-10-21(11-8-19)42-29(37,38)26(30)31)23(39)12-9-20-13-17(2)24(40-15-27(4,32)33)14-25(18(20)3)41-16-28(34,35)36/h6-8,10-11,14,26H,5,9,12,15-16H2,1-4H3/b22-6-. The molecule has 1 aromatic carbocycles. The van der Waals surface area contributed by atoms with Crippen molar-refractivity contribution < 1.29 is 58.5 Å². The lowest BCUT2D eigenvalue weighted by molar-refractivity contribution is -0.253. The highest BCUT2D eigenvalue weighted by atomic mass is 19.4. The zero-order valence-corrected chi connectivity index (χ0v) is 23.1. The third kappa shape index (κ3) is 10.7. The number of halogens is 9. The Kier molecular flexibility index (Phi) is 11.6. The molecule has 42 heavy (non-hydrogen) atoms. The summed E-state index contributed by atoms with van der Waals surface area (Å²) >= 11 is 0. The summed E-state index contributed by atoms with van der Waals surface area (Å²) in [5, 5.41) is 0. The van der Waals surface area contributed by atoms with Crippen LogP contribution in [0.15, 0.2) is 70.4 Å². The van der Waals surface area contributed by atoms with Crippen molar-refractivity contribution in [3.63, 3.8) is 0 Å². The summed E-state index contributed by atoms with van der Waals surface area (Å²) in [5.41, 5.74) is 4.00. The third-order valence-electron chi connectivity index (χ3n) is 5.65. The Bertz CT molecular complexity index is 1280. The second-order valence-corrected chi connectivity index (χ2v) is 9.43. The molecule has 2 rings (SSSR count). The van der Waals surface area contributed by atoms with Gasteiger partial charge in [-0.05, 0) is 44.4 Å². The molecule has 13 heteroatoms. The summed E-state index contributed by atoms with van der Waals surface area (Å²) in [4.78, 5) is 13.2. The van der Waals surface area contributed by atoms with Crippen molar-refractivity contribution in [2.75, 3.05) is 13.2 Å². The van der Waals surface area contributed by atoms with Gasteiger partial charge < -0.3 is 14.2 Å². The van der Waals surface area contributed by atoms with E-state index in [-0.39, 0.29) is 52.2 Å². The van der Waals surface area contributed by atoms with Gasteiger partial charge in [-0.1, -0.05) is 25.1 Å².